The van der Waals surface area contributed by atoms with Crippen LogP contribution in [-0.2, 0) is 0 Å². The summed E-state index contributed by atoms with van der Waals surface area (Å²) in [5, 5.41) is 8.93. The van der Waals surface area contributed by atoms with Gasteiger partial charge in [-0.25, -0.2) is 9.78 Å². The van der Waals surface area contributed by atoms with Gasteiger partial charge in [-0.1, -0.05) is 25.4 Å². The Morgan fingerprint density at radius 3 is 2.81 bits per heavy atom. The summed E-state index contributed by atoms with van der Waals surface area (Å²) in [5.41, 5.74) is 0.0829. The molecule has 0 bridgehead atoms. The quantitative estimate of drug-likeness (QED) is 0.808. The maximum atomic E-state index is 10.7. The minimum Gasteiger partial charge on any atom is -0.478 e. The third-order valence-electron chi connectivity index (χ3n) is 1.96. The predicted octanol–water partition coefficient (Wildman–Crippen LogP) is 2.86. The fraction of sp³-hybridized carbons (Fsp3) is 0.455. The molecular weight excluding hydrogens is 230 g/mol. The molecule has 1 aromatic rings. The first-order valence-electron chi connectivity index (χ1n) is 5.02. The number of rotatable bonds is 5. The Hall–Kier alpha value is -1.29. The molecule has 1 rings (SSSR count). The summed E-state index contributed by atoms with van der Waals surface area (Å²) in [4.78, 5) is 14.6. The minimum atomic E-state index is -1.04. The van der Waals surface area contributed by atoms with Crippen molar-refractivity contribution in [3.8, 4) is 5.88 Å². The molecule has 0 aliphatic heterocycles. The topological polar surface area (TPSA) is 59.4 Å². The molecule has 1 aromatic heterocycles. The number of pyridine rings is 1. The van der Waals surface area contributed by atoms with Gasteiger partial charge in [0.05, 0.1) is 12.2 Å². The van der Waals surface area contributed by atoms with Gasteiger partial charge < -0.3 is 9.84 Å². The molecule has 88 valence electrons. The molecular formula is C11H14ClNO3. The molecule has 0 saturated heterocycles. The number of carboxylic acid groups (broad SMARTS) is 1. The van der Waals surface area contributed by atoms with Crippen LogP contribution in [0.5, 0.6) is 5.88 Å². The number of hydrogen-bond acceptors (Lipinski definition) is 3. The summed E-state index contributed by atoms with van der Waals surface area (Å²) >= 11 is 5.68. The lowest BCUT2D eigenvalue weighted by Gasteiger charge is -2.08. The first-order valence-corrected chi connectivity index (χ1v) is 5.40. The minimum absolute atomic E-state index is 0.0829. The van der Waals surface area contributed by atoms with Crippen LogP contribution in [0.1, 0.15) is 30.6 Å². The highest BCUT2D eigenvalue weighted by molar-refractivity contribution is 6.29. The van der Waals surface area contributed by atoms with Gasteiger partial charge in [0.25, 0.3) is 0 Å². The highest BCUT2D eigenvalue weighted by Gasteiger charge is 2.08. The van der Waals surface area contributed by atoms with Crippen LogP contribution < -0.4 is 4.74 Å². The van der Waals surface area contributed by atoms with Crippen molar-refractivity contribution in [2.45, 2.75) is 20.3 Å². The number of nitrogens with zero attached hydrogens (tertiary/aromatic N) is 1. The Bertz CT molecular complexity index is 379. The van der Waals surface area contributed by atoms with E-state index in [1.807, 2.05) is 0 Å². The Morgan fingerprint density at radius 2 is 2.25 bits per heavy atom. The van der Waals surface area contributed by atoms with Crippen molar-refractivity contribution in [2.75, 3.05) is 6.61 Å². The molecule has 1 N–H and O–H groups in total. The van der Waals surface area contributed by atoms with E-state index < -0.39 is 5.97 Å². The lowest BCUT2D eigenvalue weighted by Crippen LogP contribution is -2.04. The lowest BCUT2D eigenvalue weighted by atomic mass is 10.1. The molecule has 0 radical (unpaired) electrons. The predicted molar refractivity (Wildman–Crippen MR) is 61.2 cm³/mol. The molecule has 5 heteroatoms. The summed E-state index contributed by atoms with van der Waals surface area (Å²) in [5.74, 6) is -0.262. The van der Waals surface area contributed by atoms with Crippen molar-refractivity contribution in [1.82, 2.24) is 4.98 Å². The van der Waals surface area contributed by atoms with Crippen LogP contribution in [0.3, 0.4) is 0 Å². The fourth-order valence-electron chi connectivity index (χ4n) is 1.07. The fourth-order valence-corrected chi connectivity index (χ4v) is 1.27. The standard InChI is InChI=1S/C11H14ClNO3/c1-7(2)3-4-16-10-6-8(11(14)15)5-9(12)13-10/h5-7H,3-4H2,1-2H3,(H,14,15). The average molecular weight is 244 g/mol. The zero-order chi connectivity index (χ0) is 12.1. The summed E-state index contributed by atoms with van der Waals surface area (Å²) in [6.45, 7) is 4.67. The van der Waals surface area contributed by atoms with Crippen molar-refractivity contribution < 1.29 is 14.6 Å². The van der Waals surface area contributed by atoms with E-state index in [0.717, 1.165) is 6.42 Å². The zero-order valence-electron chi connectivity index (χ0n) is 9.24. The molecule has 0 aromatic carbocycles. The van der Waals surface area contributed by atoms with E-state index in [1.54, 1.807) is 0 Å². The maximum absolute atomic E-state index is 10.7. The van der Waals surface area contributed by atoms with Gasteiger partial charge in [0.15, 0.2) is 0 Å². The van der Waals surface area contributed by atoms with E-state index in [0.29, 0.717) is 12.5 Å². The molecule has 0 spiro atoms. The second-order valence-electron chi connectivity index (χ2n) is 3.85. The Labute approximate surface area is 99.2 Å². The van der Waals surface area contributed by atoms with Gasteiger partial charge in [-0.3, -0.25) is 0 Å². The van der Waals surface area contributed by atoms with Gasteiger partial charge in [-0.15, -0.1) is 0 Å². The molecule has 16 heavy (non-hydrogen) atoms. The van der Waals surface area contributed by atoms with Gasteiger partial charge in [0.2, 0.25) is 5.88 Å². The van der Waals surface area contributed by atoms with Gasteiger partial charge in [0.1, 0.15) is 5.15 Å². The summed E-state index contributed by atoms with van der Waals surface area (Å²) in [7, 11) is 0. The summed E-state index contributed by atoms with van der Waals surface area (Å²) in [6.07, 6.45) is 0.886. The second kappa shape index (κ2) is 5.70. The molecule has 0 saturated carbocycles. The molecule has 0 aliphatic rings. The summed E-state index contributed by atoms with van der Waals surface area (Å²) < 4.78 is 5.33. The highest BCUT2D eigenvalue weighted by atomic mass is 35.5. The number of aromatic carboxylic acids is 1. The third kappa shape index (κ3) is 4.06. The van der Waals surface area contributed by atoms with E-state index >= 15 is 0 Å². The molecule has 0 atom stereocenters. The third-order valence-corrected chi connectivity index (χ3v) is 2.16. The number of halogens is 1. The molecule has 0 aliphatic carbocycles. The molecule has 1 heterocycles. The van der Waals surface area contributed by atoms with Gasteiger partial charge in [-0.2, -0.15) is 0 Å². The lowest BCUT2D eigenvalue weighted by molar-refractivity contribution is 0.0696. The van der Waals surface area contributed by atoms with Gasteiger partial charge >= 0.3 is 5.97 Å². The maximum Gasteiger partial charge on any atom is 0.335 e. The van der Waals surface area contributed by atoms with E-state index in [9.17, 15) is 4.79 Å². The summed E-state index contributed by atoms with van der Waals surface area (Å²) in [6, 6.07) is 2.66. The smallest absolute Gasteiger partial charge is 0.335 e. The molecule has 0 unspecified atom stereocenters. The van der Waals surface area contributed by atoms with Crippen LogP contribution in [-0.4, -0.2) is 22.7 Å². The second-order valence-corrected chi connectivity index (χ2v) is 4.24. The van der Waals surface area contributed by atoms with Gasteiger partial charge in [0, 0.05) is 6.07 Å². The zero-order valence-corrected chi connectivity index (χ0v) is 9.99. The number of aromatic nitrogens is 1. The number of hydrogen-bond donors (Lipinski definition) is 1. The van der Waals surface area contributed by atoms with Crippen LogP contribution in [0.2, 0.25) is 5.15 Å². The number of ether oxygens (including phenoxy) is 1. The average Bonchev–Trinajstić information content (AvgIpc) is 2.16. The normalized spacial score (nSPS) is 10.5. The largest absolute Gasteiger partial charge is 0.478 e. The van der Waals surface area contributed by atoms with Crippen molar-refractivity contribution in [2.24, 2.45) is 5.92 Å². The SMILES string of the molecule is CC(C)CCOc1cc(C(=O)O)cc(Cl)n1. The first kappa shape index (κ1) is 12.8. The molecule has 4 nitrogen and oxygen atoms in total. The van der Waals surface area contributed by atoms with E-state index in [-0.39, 0.29) is 16.6 Å². The van der Waals surface area contributed by atoms with Crippen LogP contribution >= 0.6 is 11.6 Å². The van der Waals surface area contributed by atoms with Crippen molar-refractivity contribution >= 4 is 17.6 Å². The first-order chi connectivity index (χ1) is 7.49. The molecule has 0 fully saturated rings. The van der Waals surface area contributed by atoms with Crippen LogP contribution in [0.4, 0.5) is 0 Å². The monoisotopic (exact) mass is 243 g/mol. The van der Waals surface area contributed by atoms with Crippen molar-refractivity contribution in [3.05, 3.63) is 22.8 Å². The van der Waals surface area contributed by atoms with E-state index in [2.05, 4.69) is 18.8 Å². The Morgan fingerprint density at radius 1 is 1.56 bits per heavy atom. The number of carboxylic acids is 1. The Balaban J connectivity index is 2.69. The van der Waals surface area contributed by atoms with Crippen LogP contribution in [0.15, 0.2) is 12.1 Å². The van der Waals surface area contributed by atoms with Crippen molar-refractivity contribution in [3.63, 3.8) is 0 Å². The van der Waals surface area contributed by atoms with Gasteiger partial charge in [-0.05, 0) is 18.4 Å². The van der Waals surface area contributed by atoms with Crippen LogP contribution in [0.25, 0.3) is 0 Å². The molecule has 0 amide bonds. The van der Waals surface area contributed by atoms with E-state index in [4.69, 9.17) is 21.4 Å². The van der Waals surface area contributed by atoms with E-state index in [1.165, 1.54) is 12.1 Å². The Kier molecular flexibility index (Phi) is 4.55. The highest BCUT2D eigenvalue weighted by Crippen LogP contribution is 2.17. The van der Waals surface area contributed by atoms with Crippen molar-refractivity contribution in [1.29, 1.82) is 0 Å². The number of carbonyl (C=O) groups is 1. The van der Waals surface area contributed by atoms with Crippen LogP contribution in [0, 0.1) is 5.92 Å².